The summed E-state index contributed by atoms with van der Waals surface area (Å²) < 4.78 is 0. The Morgan fingerprint density at radius 2 is 2.18 bits per heavy atom. The molecule has 1 rings (SSSR count). The van der Waals surface area contributed by atoms with E-state index in [4.69, 9.17) is 18.0 Å². The summed E-state index contributed by atoms with van der Waals surface area (Å²) in [7, 11) is 0. The third-order valence-corrected chi connectivity index (χ3v) is 3.10. The number of hydrogen-bond acceptors (Lipinski definition) is 2. The summed E-state index contributed by atoms with van der Waals surface area (Å²) >= 11 is 6.77. The largest absolute Gasteiger partial charge is 0.376 e. The smallest absolute Gasteiger partial charge is 0.163 e. The van der Waals surface area contributed by atoms with Gasteiger partial charge in [0.1, 0.15) is 0 Å². The van der Waals surface area contributed by atoms with E-state index < -0.39 is 0 Å². The molecule has 0 unspecified atom stereocenters. The van der Waals surface area contributed by atoms with Crippen molar-refractivity contribution in [1.82, 2.24) is 5.32 Å². The highest BCUT2D eigenvalue weighted by Gasteiger charge is 2.12. The number of thioether (sulfide) groups is 1. The van der Waals surface area contributed by atoms with Gasteiger partial charge in [0.15, 0.2) is 5.11 Å². The minimum Gasteiger partial charge on any atom is -0.376 e. The zero-order valence-electron chi connectivity index (χ0n) is 6.51. The van der Waals surface area contributed by atoms with Gasteiger partial charge in [-0.2, -0.15) is 11.8 Å². The van der Waals surface area contributed by atoms with Gasteiger partial charge in [0, 0.05) is 6.54 Å². The highest BCUT2D eigenvalue weighted by Crippen LogP contribution is 2.21. The van der Waals surface area contributed by atoms with Crippen molar-refractivity contribution in [3.05, 3.63) is 0 Å². The Labute approximate surface area is 77.3 Å². The Morgan fingerprint density at radius 1 is 1.55 bits per heavy atom. The minimum atomic E-state index is 0.434. The van der Waals surface area contributed by atoms with E-state index in [-0.39, 0.29) is 0 Å². The molecule has 1 aliphatic rings. The summed E-state index contributed by atoms with van der Waals surface area (Å²) in [6.07, 6.45) is 2.61. The molecule has 64 valence electrons. The number of hydrogen-bond donors (Lipinski definition) is 2. The third-order valence-electron chi connectivity index (χ3n) is 1.91. The predicted molar refractivity (Wildman–Crippen MR) is 54.8 cm³/mol. The van der Waals surface area contributed by atoms with E-state index in [1.165, 1.54) is 24.3 Å². The van der Waals surface area contributed by atoms with Crippen molar-refractivity contribution >= 4 is 29.1 Å². The lowest BCUT2D eigenvalue weighted by Crippen LogP contribution is -2.34. The molecular weight excluding hydrogens is 176 g/mol. The molecule has 0 aromatic carbocycles. The lowest BCUT2D eigenvalue weighted by molar-refractivity contribution is 0.482. The fourth-order valence-electron chi connectivity index (χ4n) is 1.20. The van der Waals surface area contributed by atoms with Crippen LogP contribution in [0.5, 0.6) is 0 Å². The fraction of sp³-hybridized carbons (Fsp3) is 0.857. The first-order chi connectivity index (χ1) is 5.29. The molecule has 2 nitrogen and oxygen atoms in total. The second-order valence-electron chi connectivity index (χ2n) is 2.80. The van der Waals surface area contributed by atoms with Crippen molar-refractivity contribution in [2.45, 2.75) is 12.8 Å². The van der Waals surface area contributed by atoms with Gasteiger partial charge in [0.05, 0.1) is 0 Å². The van der Waals surface area contributed by atoms with Gasteiger partial charge in [-0.15, -0.1) is 0 Å². The molecule has 1 aliphatic heterocycles. The topological polar surface area (TPSA) is 38.0 Å². The third kappa shape index (κ3) is 3.82. The van der Waals surface area contributed by atoms with Crippen molar-refractivity contribution in [2.24, 2.45) is 11.7 Å². The molecule has 0 aliphatic carbocycles. The van der Waals surface area contributed by atoms with Crippen LogP contribution in [0.15, 0.2) is 0 Å². The highest BCUT2D eigenvalue weighted by molar-refractivity contribution is 7.99. The maximum absolute atomic E-state index is 5.32. The molecule has 1 fully saturated rings. The van der Waals surface area contributed by atoms with Gasteiger partial charge in [-0.05, 0) is 42.5 Å². The van der Waals surface area contributed by atoms with Gasteiger partial charge in [0.2, 0.25) is 0 Å². The van der Waals surface area contributed by atoms with Crippen molar-refractivity contribution in [1.29, 1.82) is 0 Å². The quantitative estimate of drug-likeness (QED) is 0.636. The summed E-state index contributed by atoms with van der Waals surface area (Å²) in [4.78, 5) is 0. The van der Waals surface area contributed by atoms with Crippen LogP contribution >= 0.6 is 24.0 Å². The molecule has 0 spiro atoms. The van der Waals surface area contributed by atoms with E-state index in [0.29, 0.717) is 5.11 Å². The normalized spacial score (nSPS) is 19.6. The van der Waals surface area contributed by atoms with Crippen LogP contribution in [0.2, 0.25) is 0 Å². The number of nitrogens with one attached hydrogen (secondary N) is 1. The Bertz CT molecular complexity index is 132. The Morgan fingerprint density at radius 3 is 2.73 bits per heavy atom. The molecule has 0 saturated carbocycles. The van der Waals surface area contributed by atoms with Crippen LogP contribution in [0.3, 0.4) is 0 Å². The molecule has 1 saturated heterocycles. The van der Waals surface area contributed by atoms with Gasteiger partial charge < -0.3 is 11.1 Å². The average molecular weight is 190 g/mol. The SMILES string of the molecule is NC(=S)NCC1CCSCC1. The van der Waals surface area contributed by atoms with Gasteiger partial charge in [-0.25, -0.2) is 0 Å². The summed E-state index contributed by atoms with van der Waals surface area (Å²) in [5.41, 5.74) is 5.32. The van der Waals surface area contributed by atoms with Gasteiger partial charge in [0.25, 0.3) is 0 Å². The molecule has 0 amide bonds. The Hall–Kier alpha value is 0.0400. The molecule has 3 N–H and O–H groups in total. The summed E-state index contributed by atoms with van der Waals surface area (Å²) in [6, 6.07) is 0. The van der Waals surface area contributed by atoms with E-state index in [1.54, 1.807) is 0 Å². The lowest BCUT2D eigenvalue weighted by atomic mass is 10.0. The average Bonchev–Trinajstić information content (AvgIpc) is 2.03. The molecule has 4 heteroatoms. The monoisotopic (exact) mass is 190 g/mol. The van der Waals surface area contributed by atoms with Crippen LogP contribution in [-0.2, 0) is 0 Å². The molecule has 0 aromatic rings. The second-order valence-corrected chi connectivity index (χ2v) is 4.47. The van der Waals surface area contributed by atoms with Crippen LogP contribution in [0.1, 0.15) is 12.8 Å². The molecule has 0 bridgehead atoms. The molecule has 0 radical (unpaired) electrons. The van der Waals surface area contributed by atoms with E-state index in [9.17, 15) is 0 Å². The molecular formula is C7H14N2S2. The van der Waals surface area contributed by atoms with Crippen LogP contribution in [0, 0.1) is 5.92 Å². The summed E-state index contributed by atoms with van der Waals surface area (Å²) in [6.45, 7) is 0.968. The summed E-state index contributed by atoms with van der Waals surface area (Å²) in [5.74, 6) is 3.38. The van der Waals surface area contributed by atoms with E-state index >= 15 is 0 Å². The van der Waals surface area contributed by atoms with E-state index in [2.05, 4.69) is 5.32 Å². The second kappa shape index (κ2) is 4.83. The summed E-state index contributed by atoms with van der Waals surface area (Å²) in [5, 5.41) is 3.45. The highest BCUT2D eigenvalue weighted by atomic mass is 32.2. The first kappa shape index (κ1) is 9.13. The van der Waals surface area contributed by atoms with Crippen molar-refractivity contribution < 1.29 is 0 Å². The maximum atomic E-state index is 5.32. The van der Waals surface area contributed by atoms with Crippen LogP contribution in [0.4, 0.5) is 0 Å². The van der Waals surface area contributed by atoms with Crippen molar-refractivity contribution in [3.63, 3.8) is 0 Å². The fourth-order valence-corrected chi connectivity index (χ4v) is 2.48. The minimum absolute atomic E-state index is 0.434. The molecule has 11 heavy (non-hydrogen) atoms. The van der Waals surface area contributed by atoms with Crippen molar-refractivity contribution in [2.75, 3.05) is 18.1 Å². The van der Waals surface area contributed by atoms with Gasteiger partial charge in [-0.3, -0.25) is 0 Å². The van der Waals surface area contributed by atoms with Gasteiger partial charge in [-0.1, -0.05) is 0 Å². The predicted octanol–water partition coefficient (Wildman–Crippen LogP) is 0.963. The molecule has 1 heterocycles. The number of nitrogens with two attached hydrogens (primary N) is 1. The number of rotatable bonds is 2. The molecule has 0 aromatic heterocycles. The maximum Gasteiger partial charge on any atom is 0.163 e. The first-order valence-electron chi connectivity index (χ1n) is 3.90. The number of thiocarbonyl (C=S) groups is 1. The Balaban J connectivity index is 2.09. The van der Waals surface area contributed by atoms with Crippen molar-refractivity contribution in [3.8, 4) is 0 Å². The van der Waals surface area contributed by atoms with E-state index in [0.717, 1.165) is 12.5 Å². The van der Waals surface area contributed by atoms with Gasteiger partial charge >= 0.3 is 0 Å². The van der Waals surface area contributed by atoms with Crippen LogP contribution in [-0.4, -0.2) is 23.2 Å². The standard InChI is InChI=1S/C7H14N2S2/c8-7(10)9-5-6-1-3-11-4-2-6/h6H,1-5H2,(H3,8,9,10). The van der Waals surface area contributed by atoms with Crippen LogP contribution < -0.4 is 11.1 Å². The molecule has 0 atom stereocenters. The van der Waals surface area contributed by atoms with Crippen LogP contribution in [0.25, 0.3) is 0 Å². The zero-order valence-corrected chi connectivity index (χ0v) is 8.14. The first-order valence-corrected chi connectivity index (χ1v) is 5.46. The van der Waals surface area contributed by atoms with E-state index in [1.807, 2.05) is 11.8 Å². The lowest BCUT2D eigenvalue weighted by Gasteiger charge is -2.21. The zero-order chi connectivity index (χ0) is 8.10. The Kier molecular flexibility index (Phi) is 4.01.